The number of hydrazine groups is 1. The standard InChI is InChI=1S/C19H25N3S/c1-5-13-21(14-6-1)22-15-7-3-11-19(22,18-10-8-16-23-18)17-9-2-4-12-20-17/h2,4,8-10,12,16H,1,3,5-7,11,13-15H2. The summed E-state index contributed by atoms with van der Waals surface area (Å²) in [5, 5.41) is 7.50. The lowest BCUT2D eigenvalue weighted by molar-refractivity contribution is -0.126. The quantitative estimate of drug-likeness (QED) is 0.839. The first kappa shape index (κ1) is 15.3. The predicted molar refractivity (Wildman–Crippen MR) is 95.3 cm³/mol. The fourth-order valence-electron chi connectivity index (χ4n) is 4.22. The Labute approximate surface area is 142 Å². The van der Waals surface area contributed by atoms with Crippen LogP contribution in [-0.4, -0.2) is 34.6 Å². The van der Waals surface area contributed by atoms with Crippen molar-refractivity contribution in [1.82, 2.24) is 15.0 Å². The van der Waals surface area contributed by atoms with E-state index in [1.54, 1.807) is 0 Å². The van der Waals surface area contributed by atoms with E-state index in [4.69, 9.17) is 4.98 Å². The van der Waals surface area contributed by atoms with Gasteiger partial charge in [-0.15, -0.1) is 11.3 Å². The first-order valence-corrected chi connectivity index (χ1v) is 9.77. The summed E-state index contributed by atoms with van der Waals surface area (Å²) in [4.78, 5) is 6.26. The van der Waals surface area contributed by atoms with Gasteiger partial charge in [0.15, 0.2) is 0 Å². The van der Waals surface area contributed by atoms with Crippen LogP contribution in [0.4, 0.5) is 0 Å². The summed E-state index contributed by atoms with van der Waals surface area (Å²) in [5.41, 5.74) is 1.15. The van der Waals surface area contributed by atoms with Crippen molar-refractivity contribution in [2.75, 3.05) is 19.6 Å². The second-order valence-corrected chi connectivity index (χ2v) is 7.59. The highest BCUT2D eigenvalue weighted by Gasteiger charge is 2.46. The highest BCUT2D eigenvalue weighted by molar-refractivity contribution is 7.10. The molecule has 0 aliphatic carbocycles. The molecule has 0 spiro atoms. The minimum absolute atomic E-state index is 0.0645. The van der Waals surface area contributed by atoms with E-state index in [-0.39, 0.29) is 5.54 Å². The van der Waals surface area contributed by atoms with Gasteiger partial charge in [0.1, 0.15) is 5.54 Å². The fourth-order valence-corrected chi connectivity index (χ4v) is 5.19. The van der Waals surface area contributed by atoms with E-state index in [9.17, 15) is 0 Å². The molecule has 2 aromatic rings. The summed E-state index contributed by atoms with van der Waals surface area (Å²) < 4.78 is 0. The molecular formula is C19H25N3S. The second-order valence-electron chi connectivity index (χ2n) is 6.65. The Balaban J connectivity index is 1.81. The highest BCUT2D eigenvalue weighted by Crippen LogP contribution is 2.45. The van der Waals surface area contributed by atoms with Crippen LogP contribution >= 0.6 is 11.3 Å². The maximum absolute atomic E-state index is 4.81. The van der Waals surface area contributed by atoms with Gasteiger partial charge in [0, 0.05) is 30.7 Å². The van der Waals surface area contributed by atoms with Crippen LogP contribution in [-0.2, 0) is 5.54 Å². The van der Waals surface area contributed by atoms with Crippen molar-refractivity contribution in [2.45, 2.75) is 44.1 Å². The van der Waals surface area contributed by atoms with Crippen LogP contribution in [0.15, 0.2) is 41.9 Å². The highest BCUT2D eigenvalue weighted by atomic mass is 32.1. The molecule has 0 saturated carbocycles. The van der Waals surface area contributed by atoms with Gasteiger partial charge in [-0.1, -0.05) is 18.6 Å². The van der Waals surface area contributed by atoms with E-state index in [0.717, 1.165) is 6.54 Å². The molecule has 3 nitrogen and oxygen atoms in total. The molecule has 23 heavy (non-hydrogen) atoms. The topological polar surface area (TPSA) is 19.4 Å². The number of pyridine rings is 1. The van der Waals surface area contributed by atoms with E-state index in [1.807, 2.05) is 23.6 Å². The van der Waals surface area contributed by atoms with Gasteiger partial charge < -0.3 is 0 Å². The Morgan fingerprint density at radius 2 is 1.78 bits per heavy atom. The average Bonchev–Trinajstić information content (AvgIpc) is 3.18. The van der Waals surface area contributed by atoms with Crippen molar-refractivity contribution < 1.29 is 0 Å². The largest absolute Gasteiger partial charge is 0.259 e. The third kappa shape index (κ3) is 2.73. The zero-order valence-corrected chi connectivity index (χ0v) is 14.5. The van der Waals surface area contributed by atoms with Gasteiger partial charge in [-0.3, -0.25) is 4.98 Å². The minimum atomic E-state index is -0.0645. The van der Waals surface area contributed by atoms with E-state index in [0.29, 0.717) is 0 Å². The molecule has 0 radical (unpaired) electrons. The van der Waals surface area contributed by atoms with Gasteiger partial charge in [0.05, 0.1) is 5.69 Å². The summed E-state index contributed by atoms with van der Waals surface area (Å²) in [6, 6.07) is 10.9. The molecule has 0 aromatic carbocycles. The Bertz CT molecular complexity index is 607. The molecule has 2 saturated heterocycles. The van der Waals surface area contributed by atoms with Crippen LogP contribution in [0.1, 0.15) is 49.1 Å². The van der Waals surface area contributed by atoms with Crippen LogP contribution in [0.2, 0.25) is 0 Å². The predicted octanol–water partition coefficient (Wildman–Crippen LogP) is 4.27. The summed E-state index contributed by atoms with van der Waals surface area (Å²) in [6.45, 7) is 3.54. The van der Waals surface area contributed by atoms with Crippen molar-refractivity contribution in [3.63, 3.8) is 0 Å². The molecule has 0 N–H and O–H groups in total. The maximum atomic E-state index is 4.81. The monoisotopic (exact) mass is 327 g/mol. The smallest absolute Gasteiger partial charge is 0.111 e. The molecule has 1 unspecified atom stereocenters. The Morgan fingerprint density at radius 3 is 2.52 bits per heavy atom. The SMILES string of the molecule is c1ccc(C2(c3cccs3)CCCCN2N2CCCCC2)nc1. The number of thiophene rings is 1. The average molecular weight is 327 g/mol. The van der Waals surface area contributed by atoms with Crippen molar-refractivity contribution >= 4 is 11.3 Å². The van der Waals surface area contributed by atoms with Crippen LogP contribution in [0.5, 0.6) is 0 Å². The van der Waals surface area contributed by atoms with E-state index in [2.05, 4.69) is 39.7 Å². The number of hydrogen-bond donors (Lipinski definition) is 0. The van der Waals surface area contributed by atoms with Crippen molar-refractivity contribution in [3.8, 4) is 0 Å². The summed E-state index contributed by atoms with van der Waals surface area (Å²) in [7, 11) is 0. The lowest BCUT2D eigenvalue weighted by Gasteiger charge is -2.52. The van der Waals surface area contributed by atoms with Crippen molar-refractivity contribution in [3.05, 3.63) is 52.5 Å². The van der Waals surface area contributed by atoms with Gasteiger partial charge in [-0.2, -0.15) is 0 Å². The summed E-state index contributed by atoms with van der Waals surface area (Å²) in [5.74, 6) is 0. The first-order valence-electron chi connectivity index (χ1n) is 8.89. The van der Waals surface area contributed by atoms with Gasteiger partial charge in [0.25, 0.3) is 0 Å². The third-order valence-electron chi connectivity index (χ3n) is 5.29. The normalized spacial score (nSPS) is 27.1. The molecule has 2 fully saturated rings. The van der Waals surface area contributed by atoms with Gasteiger partial charge in [-0.05, 0) is 55.7 Å². The second kappa shape index (κ2) is 6.71. The van der Waals surface area contributed by atoms with Crippen molar-refractivity contribution in [1.29, 1.82) is 0 Å². The van der Waals surface area contributed by atoms with Gasteiger partial charge in [0.2, 0.25) is 0 Å². The summed E-state index contributed by atoms with van der Waals surface area (Å²) in [6.07, 6.45) is 9.70. The molecule has 4 rings (SSSR count). The van der Waals surface area contributed by atoms with Crippen molar-refractivity contribution in [2.24, 2.45) is 0 Å². The molecule has 2 aromatic heterocycles. The zero-order valence-electron chi connectivity index (χ0n) is 13.7. The van der Waals surface area contributed by atoms with Crippen LogP contribution in [0, 0.1) is 0 Å². The van der Waals surface area contributed by atoms with Gasteiger partial charge >= 0.3 is 0 Å². The molecular weight excluding hydrogens is 302 g/mol. The molecule has 4 heteroatoms. The number of rotatable bonds is 3. The fraction of sp³-hybridized carbons (Fsp3) is 0.526. The minimum Gasteiger partial charge on any atom is -0.259 e. The Hall–Kier alpha value is -1.23. The first-order chi connectivity index (χ1) is 11.4. The van der Waals surface area contributed by atoms with E-state index in [1.165, 1.54) is 62.2 Å². The lowest BCUT2D eigenvalue weighted by Crippen LogP contribution is -2.59. The number of hydrogen-bond acceptors (Lipinski definition) is 4. The van der Waals surface area contributed by atoms with Crippen LogP contribution in [0.3, 0.4) is 0 Å². The number of piperidine rings is 2. The molecule has 2 aliphatic heterocycles. The molecule has 1 atom stereocenters. The molecule has 2 aliphatic rings. The molecule has 122 valence electrons. The maximum Gasteiger partial charge on any atom is 0.111 e. The van der Waals surface area contributed by atoms with Gasteiger partial charge in [-0.25, -0.2) is 10.0 Å². The Morgan fingerprint density at radius 1 is 0.913 bits per heavy atom. The summed E-state index contributed by atoms with van der Waals surface area (Å²) >= 11 is 1.88. The lowest BCUT2D eigenvalue weighted by atomic mass is 9.82. The number of nitrogens with zero attached hydrogens (tertiary/aromatic N) is 3. The van der Waals surface area contributed by atoms with E-state index >= 15 is 0 Å². The molecule has 4 heterocycles. The number of aromatic nitrogens is 1. The zero-order chi connectivity index (χ0) is 15.5. The Kier molecular flexibility index (Phi) is 4.47. The van der Waals surface area contributed by atoms with Crippen LogP contribution < -0.4 is 0 Å². The van der Waals surface area contributed by atoms with E-state index < -0.39 is 0 Å². The molecule has 0 bridgehead atoms. The van der Waals surface area contributed by atoms with Crippen LogP contribution in [0.25, 0.3) is 0 Å². The third-order valence-corrected chi connectivity index (χ3v) is 6.31. The molecule has 0 amide bonds.